The molecule has 0 radical (unpaired) electrons. The van der Waals surface area contributed by atoms with Gasteiger partial charge in [0.05, 0.1) is 28.7 Å². The third-order valence-electron chi connectivity index (χ3n) is 11.2. The van der Waals surface area contributed by atoms with Crippen LogP contribution in [0.25, 0.3) is 34.1 Å². The lowest BCUT2D eigenvalue weighted by atomic mass is 10.0. The van der Waals surface area contributed by atoms with Crippen LogP contribution in [-0.4, -0.2) is 71.0 Å². The van der Waals surface area contributed by atoms with Crippen molar-refractivity contribution in [3.05, 3.63) is 130 Å². The molecule has 0 aliphatic carbocycles. The van der Waals surface area contributed by atoms with Crippen molar-refractivity contribution in [1.82, 2.24) is 32.1 Å². The predicted octanol–water partition coefficient (Wildman–Crippen LogP) is 4.53. The van der Waals surface area contributed by atoms with E-state index in [2.05, 4.69) is 19.0 Å². The second kappa shape index (κ2) is 22.8. The monoisotopic (exact) mass is 1000 g/mol. The number of phosphoric acid groups is 2. The summed E-state index contributed by atoms with van der Waals surface area (Å²) in [6.07, 6.45) is 9.98. The van der Waals surface area contributed by atoms with Crippen LogP contribution in [0.5, 0.6) is 0 Å². The molecule has 4 aromatic heterocycles. The normalized spacial score (nSPS) is 13.7. The number of furan rings is 2. The van der Waals surface area contributed by atoms with Gasteiger partial charge in [0.15, 0.2) is 0 Å². The molecule has 4 amide bonds. The quantitative estimate of drug-likeness (QED) is 0.112. The van der Waals surface area contributed by atoms with Gasteiger partial charge in [-0.2, -0.15) is 0 Å². The number of aromatic nitrogens is 2. The molecule has 0 unspecified atom stereocenters. The molecule has 0 saturated carbocycles. The number of hydrogen-bond donors (Lipinski definition) is 2. The molecular weight excluding hydrogens is 950 g/mol. The molecule has 372 valence electrons. The molecule has 0 atom stereocenters. The highest BCUT2D eigenvalue weighted by molar-refractivity contribution is 7.43. The van der Waals surface area contributed by atoms with E-state index in [0.717, 1.165) is 42.9 Å². The van der Waals surface area contributed by atoms with Crippen LogP contribution in [0.1, 0.15) is 57.7 Å². The summed E-state index contributed by atoms with van der Waals surface area (Å²) in [5.41, 5.74) is 6.16. The minimum atomic E-state index is -5.23. The van der Waals surface area contributed by atoms with E-state index in [1.54, 1.807) is 38.4 Å². The van der Waals surface area contributed by atoms with Crippen LogP contribution in [0.15, 0.2) is 94.0 Å². The van der Waals surface area contributed by atoms with Crippen molar-refractivity contribution in [3.63, 3.8) is 0 Å². The van der Waals surface area contributed by atoms with Crippen LogP contribution in [0.2, 0.25) is 0 Å². The first-order valence-corrected chi connectivity index (χ1v) is 23.9. The summed E-state index contributed by atoms with van der Waals surface area (Å²) in [5.74, 6) is 0.635. The Morgan fingerprint density at radius 3 is 1.39 bits per heavy atom. The number of benzene rings is 2. The van der Waals surface area contributed by atoms with Crippen molar-refractivity contribution in [3.8, 4) is 0 Å². The van der Waals surface area contributed by atoms with Gasteiger partial charge in [0.2, 0.25) is 23.6 Å². The maximum atomic E-state index is 12.6. The number of rotatable bonds is 14. The zero-order valence-electron chi connectivity index (χ0n) is 39.2. The van der Waals surface area contributed by atoms with Gasteiger partial charge in [0.25, 0.3) is 0 Å². The zero-order chi connectivity index (χ0) is 48.9. The smallest absolute Gasteiger partial charge is 0.246 e. The Morgan fingerprint density at radius 1 is 0.657 bits per heavy atom. The van der Waals surface area contributed by atoms with Crippen LogP contribution >= 0.6 is 15.6 Å². The summed E-state index contributed by atoms with van der Waals surface area (Å²) < 4.78 is 41.8. The van der Waals surface area contributed by atoms with Crippen LogP contribution in [0.4, 0.5) is 11.6 Å². The molecule has 6 heterocycles. The number of anilines is 2. The topological polar surface area (TPSA) is 351 Å². The standard InChI is InChI=1S/2C23H24N3O7P.2H3N/c2*1-15-18-5-3-4-6-19(18)33-20(15)13-25(2)21(27)9-7-16-11-17-8-10-22(28)26(23(17)24-12-16)14-32-34(29,30)31;;/h2*3-7,9,11-12H,8,10,13-14H2,1-2H3,(H2,29,30,31);2*1H3/p-2/b2*9-7+;;. The van der Waals surface area contributed by atoms with Crippen molar-refractivity contribution >= 4 is 85.0 Å². The van der Waals surface area contributed by atoms with Crippen molar-refractivity contribution in [2.45, 2.75) is 52.6 Å². The number of para-hydroxylation sites is 2. The predicted molar refractivity (Wildman–Crippen MR) is 252 cm³/mol. The first-order chi connectivity index (χ1) is 32.2. The molecule has 8 rings (SSSR count). The number of hydrogen-bond acceptors (Lipinski definition) is 16. The average molecular weight is 1000 g/mol. The van der Waals surface area contributed by atoms with Gasteiger partial charge in [-0.25, -0.2) is 9.97 Å². The van der Waals surface area contributed by atoms with Crippen molar-refractivity contribution < 1.29 is 65.8 Å². The molecule has 8 N–H and O–H groups in total. The number of carbonyl (C=O) groups excluding carboxylic acids is 4. The van der Waals surface area contributed by atoms with E-state index in [9.17, 15) is 47.9 Å². The Hall–Kier alpha value is -6.68. The number of aryl methyl sites for hydroxylation is 4. The largest absolute Gasteiger partial charge is 0.790 e. The molecule has 2 aliphatic rings. The fourth-order valence-corrected chi connectivity index (χ4v) is 8.03. The summed E-state index contributed by atoms with van der Waals surface area (Å²) in [5, 5.41) is 2.03. The maximum absolute atomic E-state index is 12.6. The molecule has 0 saturated heterocycles. The van der Waals surface area contributed by atoms with E-state index in [-0.39, 0.29) is 48.6 Å². The van der Waals surface area contributed by atoms with Gasteiger partial charge in [-0.15, -0.1) is 0 Å². The van der Waals surface area contributed by atoms with E-state index >= 15 is 0 Å². The number of amides is 4. The highest BCUT2D eigenvalue weighted by atomic mass is 31.2. The minimum absolute atomic E-state index is 0. The first kappa shape index (κ1) is 54.3. The third kappa shape index (κ3) is 13.3. The summed E-state index contributed by atoms with van der Waals surface area (Å²) in [6, 6.07) is 18.9. The Morgan fingerprint density at radius 2 is 1.03 bits per heavy atom. The number of carbonyl (C=O) groups is 4. The Balaban J connectivity index is 0.000000254. The molecule has 2 aromatic carbocycles. The SMILES string of the molecule is Cc1c(CN(C)C(=O)/C=C/c2cnc3c(c2)CCC(=O)N3COP(=O)([O-])[O-])oc2ccccc12.Cc1c(CN(C)C(=O)/C=C/c2cnc3c(c2)CCC(=O)N3COP(=O)([O-])[O-])oc2ccccc12.[NH4+].[NH4+]. The van der Waals surface area contributed by atoms with E-state index in [1.807, 2.05) is 62.4 Å². The number of likely N-dealkylation sites (N-methyl/N-ethyl adjacent to an activating group) is 2. The number of fused-ring (bicyclic) bond motifs is 4. The molecule has 2 aliphatic heterocycles. The lowest BCUT2D eigenvalue weighted by Gasteiger charge is -2.34. The molecule has 0 spiro atoms. The van der Waals surface area contributed by atoms with Crippen LogP contribution in [-0.2, 0) is 63.3 Å². The maximum Gasteiger partial charge on any atom is 0.246 e. The summed E-state index contributed by atoms with van der Waals surface area (Å²) in [7, 11) is -7.10. The number of nitrogens with zero attached hydrogens (tertiary/aromatic N) is 6. The molecule has 70 heavy (non-hydrogen) atoms. The van der Waals surface area contributed by atoms with Gasteiger partial charge in [0, 0.05) is 73.4 Å². The molecule has 22 nitrogen and oxygen atoms in total. The van der Waals surface area contributed by atoms with Crippen LogP contribution < -0.4 is 41.7 Å². The molecule has 0 fully saturated rings. The summed E-state index contributed by atoms with van der Waals surface area (Å²) in [6.45, 7) is 3.10. The van der Waals surface area contributed by atoms with E-state index in [4.69, 9.17) is 8.83 Å². The fourth-order valence-electron chi connectivity index (χ4n) is 7.52. The van der Waals surface area contributed by atoms with Crippen LogP contribution in [0.3, 0.4) is 0 Å². The van der Waals surface area contributed by atoms with E-state index < -0.39 is 40.9 Å². The fraction of sp³-hybridized carbons (Fsp3) is 0.261. The highest BCUT2D eigenvalue weighted by Gasteiger charge is 2.27. The lowest BCUT2D eigenvalue weighted by molar-refractivity contribution is -0.343. The molecule has 24 heteroatoms. The van der Waals surface area contributed by atoms with Gasteiger partial charge in [-0.3, -0.25) is 29.0 Å². The average Bonchev–Trinajstić information content (AvgIpc) is 3.79. The zero-order valence-corrected chi connectivity index (χ0v) is 41.0. The second-order valence-corrected chi connectivity index (χ2v) is 18.2. The summed E-state index contributed by atoms with van der Waals surface area (Å²) >= 11 is 0. The third-order valence-corrected chi connectivity index (χ3v) is 12.0. The van der Waals surface area contributed by atoms with E-state index in [1.165, 1.54) is 34.3 Å². The highest BCUT2D eigenvalue weighted by Crippen LogP contribution is 2.33. The minimum Gasteiger partial charge on any atom is -0.790 e. The van der Waals surface area contributed by atoms with Crippen molar-refractivity contribution in [1.29, 1.82) is 0 Å². The molecule has 0 bridgehead atoms. The van der Waals surface area contributed by atoms with Gasteiger partial charge < -0.3 is 68.7 Å². The first-order valence-electron chi connectivity index (χ1n) is 21.0. The molecule has 6 aromatic rings. The van der Waals surface area contributed by atoms with Gasteiger partial charge >= 0.3 is 0 Å². The van der Waals surface area contributed by atoms with Gasteiger partial charge in [-0.05, 0) is 85.4 Å². The van der Waals surface area contributed by atoms with Crippen LogP contribution in [0, 0.1) is 13.8 Å². The molecular formula is C46H52N8O14P2-2. The van der Waals surface area contributed by atoms with Gasteiger partial charge in [0.1, 0.15) is 47.8 Å². The number of phosphoric ester groups is 2. The van der Waals surface area contributed by atoms with Gasteiger partial charge in [-0.1, -0.05) is 36.4 Å². The number of quaternary nitrogens is 2. The van der Waals surface area contributed by atoms with Crippen molar-refractivity contribution in [2.24, 2.45) is 0 Å². The Labute approximate surface area is 401 Å². The number of pyridine rings is 2. The Kier molecular flexibility index (Phi) is 17.7. The Bertz CT molecular complexity index is 2860. The van der Waals surface area contributed by atoms with Crippen molar-refractivity contribution in [2.75, 3.05) is 37.4 Å². The van der Waals surface area contributed by atoms with E-state index in [0.29, 0.717) is 59.7 Å². The second-order valence-electron chi connectivity index (χ2n) is 15.9. The lowest BCUT2D eigenvalue weighted by Crippen LogP contribution is -2.38. The summed E-state index contributed by atoms with van der Waals surface area (Å²) in [4.78, 5) is 106.